The highest BCUT2D eigenvalue weighted by molar-refractivity contribution is 5.84. The molecule has 1 aliphatic heterocycles. The van der Waals surface area contributed by atoms with E-state index in [-0.39, 0.29) is 5.57 Å². The summed E-state index contributed by atoms with van der Waals surface area (Å²) in [5, 5.41) is 7.89. The SMILES string of the molecule is C1COCO1.C=C(C)C(=O)O. The molecule has 1 N–H and O–H groups in total. The highest BCUT2D eigenvalue weighted by Gasteiger charge is 1.93. The van der Waals surface area contributed by atoms with Crippen LogP contribution in [0, 0.1) is 0 Å². The molecular formula is C7H12O4. The van der Waals surface area contributed by atoms with Crippen molar-refractivity contribution in [3.8, 4) is 0 Å². The van der Waals surface area contributed by atoms with Gasteiger partial charge in [-0.25, -0.2) is 4.79 Å². The maximum Gasteiger partial charge on any atom is 0.330 e. The molecule has 0 aromatic heterocycles. The first-order chi connectivity index (χ1) is 5.14. The number of hydrogen-bond acceptors (Lipinski definition) is 3. The third kappa shape index (κ3) is 7.02. The zero-order chi connectivity index (χ0) is 8.69. The van der Waals surface area contributed by atoms with Gasteiger partial charge >= 0.3 is 5.97 Å². The van der Waals surface area contributed by atoms with E-state index in [1.54, 1.807) is 0 Å². The van der Waals surface area contributed by atoms with E-state index in [9.17, 15) is 4.79 Å². The molecule has 0 amide bonds. The van der Waals surface area contributed by atoms with Gasteiger partial charge in [-0.3, -0.25) is 0 Å². The van der Waals surface area contributed by atoms with Crippen molar-refractivity contribution in [2.45, 2.75) is 6.92 Å². The summed E-state index contributed by atoms with van der Waals surface area (Å²) in [6, 6.07) is 0. The first-order valence-corrected chi connectivity index (χ1v) is 3.19. The van der Waals surface area contributed by atoms with Crippen LogP contribution in [-0.2, 0) is 14.3 Å². The number of ether oxygens (including phenoxy) is 2. The predicted octanol–water partition coefficient (Wildman–Crippen LogP) is 0.638. The molecule has 0 aromatic carbocycles. The number of carboxylic acids is 1. The van der Waals surface area contributed by atoms with Crippen LogP contribution in [0.1, 0.15) is 6.92 Å². The zero-order valence-electron chi connectivity index (χ0n) is 6.50. The Bertz CT molecular complexity index is 118. The molecular weight excluding hydrogens is 148 g/mol. The van der Waals surface area contributed by atoms with Gasteiger partial charge in [0.1, 0.15) is 6.79 Å². The highest BCUT2D eigenvalue weighted by atomic mass is 16.7. The van der Waals surface area contributed by atoms with E-state index in [2.05, 4.69) is 6.58 Å². The van der Waals surface area contributed by atoms with Gasteiger partial charge in [0.2, 0.25) is 0 Å². The molecule has 0 radical (unpaired) electrons. The van der Waals surface area contributed by atoms with E-state index in [1.165, 1.54) is 6.92 Å². The minimum atomic E-state index is -0.935. The van der Waals surface area contributed by atoms with E-state index >= 15 is 0 Å². The van der Waals surface area contributed by atoms with Crippen molar-refractivity contribution in [2.24, 2.45) is 0 Å². The van der Waals surface area contributed by atoms with Gasteiger partial charge in [-0.05, 0) is 6.92 Å². The molecule has 0 atom stereocenters. The molecule has 0 spiro atoms. The fraction of sp³-hybridized carbons (Fsp3) is 0.571. The summed E-state index contributed by atoms with van der Waals surface area (Å²) in [4.78, 5) is 9.60. The highest BCUT2D eigenvalue weighted by Crippen LogP contribution is 1.85. The molecule has 0 aliphatic carbocycles. The minimum Gasteiger partial charge on any atom is -0.478 e. The van der Waals surface area contributed by atoms with Gasteiger partial charge in [0.15, 0.2) is 0 Å². The van der Waals surface area contributed by atoms with Crippen molar-refractivity contribution >= 4 is 5.97 Å². The molecule has 0 unspecified atom stereocenters. The Hall–Kier alpha value is -0.870. The van der Waals surface area contributed by atoms with Gasteiger partial charge in [0.05, 0.1) is 13.2 Å². The monoisotopic (exact) mass is 160 g/mol. The van der Waals surface area contributed by atoms with E-state index < -0.39 is 5.97 Å². The van der Waals surface area contributed by atoms with E-state index in [0.29, 0.717) is 6.79 Å². The molecule has 11 heavy (non-hydrogen) atoms. The van der Waals surface area contributed by atoms with Gasteiger partial charge in [0, 0.05) is 5.57 Å². The Morgan fingerprint density at radius 3 is 1.91 bits per heavy atom. The Morgan fingerprint density at radius 1 is 1.45 bits per heavy atom. The summed E-state index contributed by atoms with van der Waals surface area (Å²) in [5.41, 5.74) is 0.176. The van der Waals surface area contributed by atoms with Gasteiger partial charge in [0.25, 0.3) is 0 Å². The summed E-state index contributed by atoms with van der Waals surface area (Å²) < 4.78 is 9.44. The smallest absolute Gasteiger partial charge is 0.330 e. The second-order valence-corrected chi connectivity index (χ2v) is 2.02. The molecule has 0 saturated carbocycles. The molecule has 0 aromatic rings. The zero-order valence-corrected chi connectivity index (χ0v) is 6.50. The van der Waals surface area contributed by atoms with Crippen LogP contribution in [0.3, 0.4) is 0 Å². The van der Waals surface area contributed by atoms with Gasteiger partial charge in [-0.15, -0.1) is 0 Å². The number of hydrogen-bond donors (Lipinski definition) is 1. The van der Waals surface area contributed by atoms with E-state index in [0.717, 1.165) is 13.2 Å². The summed E-state index contributed by atoms with van der Waals surface area (Å²) in [6.45, 7) is 6.66. The quantitative estimate of drug-likeness (QED) is 0.572. The number of rotatable bonds is 1. The normalized spacial score (nSPS) is 15.0. The Balaban J connectivity index is 0.000000183. The van der Waals surface area contributed by atoms with Gasteiger partial charge < -0.3 is 14.6 Å². The lowest BCUT2D eigenvalue weighted by Gasteiger charge is -1.79. The lowest BCUT2D eigenvalue weighted by atomic mass is 10.4. The molecule has 1 saturated heterocycles. The topological polar surface area (TPSA) is 55.8 Å². The van der Waals surface area contributed by atoms with Crippen molar-refractivity contribution < 1.29 is 19.4 Å². The molecule has 0 bridgehead atoms. The van der Waals surface area contributed by atoms with Crippen LogP contribution in [0.4, 0.5) is 0 Å². The fourth-order valence-electron chi connectivity index (χ4n) is 0.295. The van der Waals surface area contributed by atoms with Crippen molar-refractivity contribution in [2.75, 3.05) is 20.0 Å². The Morgan fingerprint density at radius 2 is 1.82 bits per heavy atom. The molecule has 1 heterocycles. The number of carboxylic acid groups (broad SMARTS) is 1. The molecule has 1 aliphatic rings. The predicted molar refractivity (Wildman–Crippen MR) is 39.2 cm³/mol. The van der Waals surface area contributed by atoms with Gasteiger partial charge in [-0.2, -0.15) is 0 Å². The van der Waals surface area contributed by atoms with Crippen LogP contribution in [0.2, 0.25) is 0 Å². The average Bonchev–Trinajstić information content (AvgIpc) is 2.41. The van der Waals surface area contributed by atoms with Crippen LogP contribution in [0.15, 0.2) is 12.2 Å². The number of carbonyl (C=O) groups is 1. The fourth-order valence-corrected chi connectivity index (χ4v) is 0.295. The first-order valence-electron chi connectivity index (χ1n) is 3.19. The van der Waals surface area contributed by atoms with Crippen molar-refractivity contribution in [3.63, 3.8) is 0 Å². The third-order valence-electron chi connectivity index (χ3n) is 0.904. The van der Waals surface area contributed by atoms with Gasteiger partial charge in [-0.1, -0.05) is 6.58 Å². The van der Waals surface area contributed by atoms with Crippen LogP contribution >= 0.6 is 0 Å². The van der Waals surface area contributed by atoms with Crippen LogP contribution in [-0.4, -0.2) is 31.1 Å². The van der Waals surface area contributed by atoms with E-state index in [4.69, 9.17) is 14.6 Å². The third-order valence-corrected chi connectivity index (χ3v) is 0.904. The Kier molecular flexibility index (Phi) is 5.42. The van der Waals surface area contributed by atoms with E-state index in [1.807, 2.05) is 0 Å². The maximum atomic E-state index is 9.60. The minimum absolute atomic E-state index is 0.176. The largest absolute Gasteiger partial charge is 0.478 e. The van der Waals surface area contributed by atoms with Crippen LogP contribution in [0.25, 0.3) is 0 Å². The summed E-state index contributed by atoms with van der Waals surface area (Å²) in [7, 11) is 0. The van der Waals surface area contributed by atoms with Crippen LogP contribution in [0.5, 0.6) is 0 Å². The average molecular weight is 160 g/mol. The Labute approximate surface area is 65.4 Å². The molecule has 1 fully saturated rings. The van der Waals surface area contributed by atoms with Crippen LogP contribution < -0.4 is 0 Å². The molecule has 4 heteroatoms. The summed E-state index contributed by atoms with van der Waals surface area (Å²) in [5.74, 6) is -0.935. The lowest BCUT2D eigenvalue weighted by Crippen LogP contribution is -1.92. The van der Waals surface area contributed by atoms with Crippen molar-refractivity contribution in [1.82, 2.24) is 0 Å². The van der Waals surface area contributed by atoms with Crippen molar-refractivity contribution in [3.05, 3.63) is 12.2 Å². The maximum absolute atomic E-state index is 9.60. The molecule has 64 valence electrons. The summed E-state index contributed by atoms with van der Waals surface area (Å²) >= 11 is 0. The summed E-state index contributed by atoms with van der Waals surface area (Å²) in [6.07, 6.45) is 0. The lowest BCUT2D eigenvalue weighted by molar-refractivity contribution is -0.132. The second kappa shape index (κ2) is 5.88. The number of aliphatic carboxylic acids is 1. The molecule has 1 rings (SSSR count). The standard InChI is InChI=1S/C4H6O2.C3H6O2/c1-3(2)4(5)6;1-2-5-3-4-1/h1H2,2H3,(H,5,6);1-3H2. The first kappa shape index (κ1) is 10.1. The second-order valence-electron chi connectivity index (χ2n) is 2.02. The van der Waals surface area contributed by atoms with Crippen molar-refractivity contribution in [1.29, 1.82) is 0 Å². The molecule has 4 nitrogen and oxygen atoms in total.